The van der Waals surface area contributed by atoms with E-state index >= 15 is 0 Å². The van der Waals surface area contributed by atoms with Crippen LogP contribution in [0.25, 0.3) is 0 Å². The molecule has 11 nitrogen and oxygen atoms in total. The van der Waals surface area contributed by atoms with Gasteiger partial charge in [0, 0.05) is 12.3 Å². The quantitative estimate of drug-likeness (QED) is 0.117. The van der Waals surface area contributed by atoms with E-state index in [2.05, 4.69) is 36.6 Å². The SMILES string of the molecule is Cc1nnc(C2(C(=O)O)CS[C@@H]3C(NC(=O)C(=NO)C(=O)CBr)C(=O)N3C2)s1. The smallest absolute Gasteiger partial charge is 0.319 e. The first-order chi connectivity index (χ1) is 13.2. The Kier molecular flexibility index (Phi) is 5.72. The van der Waals surface area contributed by atoms with E-state index in [1.165, 1.54) is 16.7 Å². The molecule has 3 N–H and O–H groups in total. The number of Topliss-reactive ketones (excluding diaryl/α,β-unsaturated/α-hetero) is 1. The van der Waals surface area contributed by atoms with Crippen molar-refractivity contribution in [2.24, 2.45) is 5.16 Å². The topological polar surface area (TPSA) is 162 Å². The number of aliphatic carboxylic acids is 1. The van der Waals surface area contributed by atoms with Crippen LogP contribution >= 0.6 is 39.0 Å². The van der Waals surface area contributed by atoms with Crippen molar-refractivity contribution in [1.29, 1.82) is 0 Å². The first-order valence-electron chi connectivity index (χ1n) is 7.83. The number of carbonyl (C=O) groups is 4. The Morgan fingerprint density at radius 1 is 1.43 bits per heavy atom. The van der Waals surface area contributed by atoms with Crippen LogP contribution in [0.4, 0.5) is 0 Å². The number of fused-ring (bicyclic) bond motifs is 1. The van der Waals surface area contributed by atoms with Crippen LogP contribution in [0.1, 0.15) is 10.0 Å². The Hall–Kier alpha value is -2.06. The highest BCUT2D eigenvalue weighted by molar-refractivity contribution is 9.09. The van der Waals surface area contributed by atoms with Crippen LogP contribution < -0.4 is 5.32 Å². The molecule has 0 bridgehead atoms. The molecule has 2 amide bonds. The van der Waals surface area contributed by atoms with E-state index in [1.54, 1.807) is 6.92 Å². The number of ketones is 1. The van der Waals surface area contributed by atoms with Crippen LogP contribution in [0.15, 0.2) is 5.16 Å². The average Bonchev–Trinajstić information content (AvgIpc) is 3.12. The summed E-state index contributed by atoms with van der Waals surface area (Å²) in [6.45, 7) is 1.62. The number of aromatic nitrogens is 2. The van der Waals surface area contributed by atoms with Gasteiger partial charge < -0.3 is 20.5 Å². The summed E-state index contributed by atoms with van der Waals surface area (Å²) >= 11 is 5.23. The molecule has 3 atom stereocenters. The van der Waals surface area contributed by atoms with Gasteiger partial charge in [0.1, 0.15) is 26.8 Å². The monoisotopic (exact) mass is 491 g/mol. The van der Waals surface area contributed by atoms with Crippen LogP contribution in [0.5, 0.6) is 0 Å². The third-order valence-electron chi connectivity index (χ3n) is 4.41. The van der Waals surface area contributed by atoms with Crippen LogP contribution in [-0.4, -0.2) is 83.7 Å². The minimum absolute atomic E-state index is 0.0961. The fourth-order valence-corrected chi connectivity index (χ4v) is 5.68. The second-order valence-corrected chi connectivity index (χ2v) is 8.99. The van der Waals surface area contributed by atoms with Crippen LogP contribution in [0, 0.1) is 6.92 Å². The zero-order chi connectivity index (χ0) is 20.6. The lowest BCUT2D eigenvalue weighted by Crippen LogP contribution is -2.74. The lowest BCUT2D eigenvalue weighted by molar-refractivity contribution is -0.154. The van der Waals surface area contributed by atoms with Gasteiger partial charge in [-0.25, -0.2) is 0 Å². The highest BCUT2D eigenvalue weighted by atomic mass is 79.9. The van der Waals surface area contributed by atoms with Crippen molar-refractivity contribution in [2.75, 3.05) is 17.6 Å². The minimum Gasteiger partial charge on any atom is -0.480 e. The first-order valence-corrected chi connectivity index (χ1v) is 10.8. The number of hydrogen-bond donors (Lipinski definition) is 3. The summed E-state index contributed by atoms with van der Waals surface area (Å²) < 4.78 is 0. The second-order valence-electron chi connectivity index (χ2n) is 6.14. The number of amides is 2. The molecule has 1 aromatic rings. The van der Waals surface area contributed by atoms with Gasteiger partial charge in [-0.05, 0) is 6.92 Å². The van der Waals surface area contributed by atoms with Crippen molar-refractivity contribution in [3.63, 3.8) is 0 Å². The van der Waals surface area contributed by atoms with Gasteiger partial charge in [-0.2, -0.15) is 0 Å². The summed E-state index contributed by atoms with van der Waals surface area (Å²) in [6, 6.07) is -0.944. The van der Waals surface area contributed by atoms with E-state index in [0.29, 0.717) is 10.0 Å². The van der Waals surface area contributed by atoms with Crippen LogP contribution in [0.3, 0.4) is 0 Å². The summed E-state index contributed by atoms with van der Waals surface area (Å²) in [6.07, 6.45) is 0. The summed E-state index contributed by atoms with van der Waals surface area (Å²) in [4.78, 5) is 49.6. The van der Waals surface area contributed by atoms with Gasteiger partial charge in [0.15, 0.2) is 0 Å². The average molecular weight is 492 g/mol. The summed E-state index contributed by atoms with van der Waals surface area (Å²) in [5, 5.41) is 31.8. The number of halogens is 1. The summed E-state index contributed by atoms with van der Waals surface area (Å²) in [5.41, 5.74) is -2.09. The number of carbonyl (C=O) groups excluding carboxylic acids is 3. The standard InChI is InChI=1S/C14H14BrN5O6S2/c1-5-17-18-12(28-5)14(13(24)25)3-20-10(23)8(11(20)27-4-14)16-9(22)7(19-26)6(21)2-15/h8,11,26H,2-4H2,1H3,(H,16,22)(H,24,25)/t8?,11-,14?/m1/s1. The van der Waals surface area contributed by atoms with Gasteiger partial charge >= 0.3 is 5.97 Å². The highest BCUT2D eigenvalue weighted by Crippen LogP contribution is 2.44. The molecular formula is C14H14BrN5O6S2. The molecule has 2 unspecified atom stereocenters. The van der Waals surface area contributed by atoms with Crippen molar-refractivity contribution < 1.29 is 29.5 Å². The lowest BCUT2D eigenvalue weighted by Gasteiger charge is -2.53. The maximum Gasteiger partial charge on any atom is 0.319 e. The summed E-state index contributed by atoms with van der Waals surface area (Å²) in [7, 11) is 0. The maximum atomic E-state index is 12.5. The number of oxime groups is 1. The molecule has 0 aromatic carbocycles. The molecule has 0 saturated carbocycles. The van der Waals surface area contributed by atoms with E-state index in [0.717, 1.165) is 11.3 Å². The Labute approximate surface area is 174 Å². The molecular weight excluding hydrogens is 478 g/mol. The molecule has 3 rings (SSSR count). The Morgan fingerprint density at radius 2 is 2.14 bits per heavy atom. The number of hydrogen-bond acceptors (Lipinski definition) is 10. The largest absolute Gasteiger partial charge is 0.480 e. The Balaban J connectivity index is 1.75. The van der Waals surface area contributed by atoms with E-state index in [4.69, 9.17) is 5.21 Å². The van der Waals surface area contributed by atoms with Gasteiger partial charge in [-0.15, -0.1) is 33.3 Å². The normalized spacial score (nSPS) is 27.0. The van der Waals surface area contributed by atoms with Crippen molar-refractivity contribution in [3.8, 4) is 0 Å². The van der Waals surface area contributed by atoms with Gasteiger partial charge in [0.05, 0.1) is 5.33 Å². The number of rotatable bonds is 6. The van der Waals surface area contributed by atoms with Crippen LogP contribution in [-0.2, 0) is 24.6 Å². The number of alkyl halides is 1. The molecule has 2 aliphatic heterocycles. The zero-order valence-corrected chi connectivity index (χ0v) is 17.5. The Bertz CT molecular complexity index is 891. The van der Waals surface area contributed by atoms with E-state index in [1.807, 2.05) is 0 Å². The zero-order valence-electron chi connectivity index (χ0n) is 14.3. The van der Waals surface area contributed by atoms with Gasteiger partial charge in [-0.3, -0.25) is 19.2 Å². The third kappa shape index (κ3) is 3.28. The molecule has 0 spiro atoms. The molecule has 150 valence electrons. The molecule has 1 aromatic heterocycles. The molecule has 2 saturated heterocycles. The molecule has 2 fully saturated rings. The molecule has 0 aliphatic carbocycles. The van der Waals surface area contributed by atoms with E-state index < -0.39 is 46.1 Å². The molecule has 28 heavy (non-hydrogen) atoms. The van der Waals surface area contributed by atoms with Gasteiger partial charge in [0.25, 0.3) is 5.91 Å². The number of nitrogens with zero attached hydrogens (tertiary/aromatic N) is 4. The number of carboxylic acids is 1. The Morgan fingerprint density at radius 3 is 2.68 bits per heavy atom. The predicted molar refractivity (Wildman–Crippen MR) is 102 cm³/mol. The van der Waals surface area contributed by atoms with E-state index in [9.17, 15) is 24.3 Å². The molecule has 14 heteroatoms. The maximum absolute atomic E-state index is 12.5. The number of nitrogens with one attached hydrogen (secondary N) is 1. The lowest BCUT2D eigenvalue weighted by atomic mass is 9.88. The van der Waals surface area contributed by atoms with Crippen molar-refractivity contribution in [2.45, 2.75) is 23.8 Å². The molecule has 2 aliphatic rings. The van der Waals surface area contributed by atoms with Crippen LogP contribution in [0.2, 0.25) is 0 Å². The second kappa shape index (κ2) is 7.75. The van der Waals surface area contributed by atoms with E-state index in [-0.39, 0.29) is 17.6 Å². The first kappa shape index (κ1) is 20.7. The number of thioether (sulfide) groups is 1. The fraction of sp³-hybridized carbons (Fsp3) is 0.500. The van der Waals surface area contributed by atoms with Gasteiger partial charge in [-0.1, -0.05) is 21.1 Å². The minimum atomic E-state index is -1.37. The van der Waals surface area contributed by atoms with Gasteiger partial charge in [0.2, 0.25) is 17.4 Å². The number of carboxylic acid groups (broad SMARTS) is 1. The molecule has 0 radical (unpaired) electrons. The van der Waals surface area contributed by atoms with Crippen molar-refractivity contribution in [1.82, 2.24) is 20.4 Å². The highest BCUT2D eigenvalue weighted by Gasteiger charge is 2.59. The summed E-state index contributed by atoms with van der Waals surface area (Å²) in [5.74, 6) is -3.16. The molecule has 3 heterocycles. The third-order valence-corrected chi connectivity index (χ3v) is 7.49. The number of β-lactam (4-membered cyclic amide) rings is 1. The predicted octanol–water partition coefficient (Wildman–Crippen LogP) is -0.637. The number of aryl methyl sites for hydroxylation is 1. The fourth-order valence-electron chi connectivity index (χ4n) is 2.92. The van der Waals surface area contributed by atoms with Crippen molar-refractivity contribution in [3.05, 3.63) is 10.0 Å². The van der Waals surface area contributed by atoms with Crippen molar-refractivity contribution >= 4 is 68.3 Å².